The van der Waals surface area contributed by atoms with Crippen LogP contribution < -0.4 is 5.32 Å². The van der Waals surface area contributed by atoms with Crippen LogP contribution in [0.1, 0.15) is 41.4 Å². The number of hydrogen-bond acceptors (Lipinski definition) is 4. The molecule has 0 aromatic carbocycles. The van der Waals surface area contributed by atoms with Gasteiger partial charge < -0.3 is 10.1 Å². The Balaban J connectivity index is 2.16. The molecule has 1 aliphatic heterocycles. The van der Waals surface area contributed by atoms with E-state index in [-0.39, 0.29) is 0 Å². The standard InChI is InChI=1S/C13H22N2OS/c1-4-6-14-12(11-5-7-16-8-11)13-9(2)15-10(3)17-13/h11-12,14H,4-8H2,1-3H3. The minimum Gasteiger partial charge on any atom is -0.381 e. The Morgan fingerprint density at radius 1 is 1.53 bits per heavy atom. The summed E-state index contributed by atoms with van der Waals surface area (Å²) < 4.78 is 5.53. The van der Waals surface area contributed by atoms with Crippen molar-refractivity contribution in [2.75, 3.05) is 19.8 Å². The van der Waals surface area contributed by atoms with E-state index >= 15 is 0 Å². The zero-order valence-corrected chi connectivity index (χ0v) is 11.8. The SMILES string of the molecule is CCCNC(c1sc(C)nc1C)C1CCOC1. The van der Waals surface area contributed by atoms with Gasteiger partial charge in [0.15, 0.2) is 0 Å². The van der Waals surface area contributed by atoms with Crippen molar-refractivity contribution in [2.24, 2.45) is 5.92 Å². The van der Waals surface area contributed by atoms with Gasteiger partial charge in [0.25, 0.3) is 0 Å². The van der Waals surface area contributed by atoms with Crippen LogP contribution in [0.25, 0.3) is 0 Å². The largest absolute Gasteiger partial charge is 0.381 e. The minimum atomic E-state index is 0.434. The van der Waals surface area contributed by atoms with Gasteiger partial charge in [0.2, 0.25) is 0 Å². The predicted octanol–water partition coefficient (Wildman–Crippen LogP) is 2.84. The van der Waals surface area contributed by atoms with Crippen molar-refractivity contribution >= 4 is 11.3 Å². The normalized spacial score (nSPS) is 21.9. The van der Waals surface area contributed by atoms with Crippen LogP contribution in [-0.4, -0.2) is 24.7 Å². The summed E-state index contributed by atoms with van der Waals surface area (Å²) in [5.74, 6) is 0.611. The maximum atomic E-state index is 5.53. The molecule has 96 valence electrons. The van der Waals surface area contributed by atoms with Crippen LogP contribution in [0.15, 0.2) is 0 Å². The molecule has 0 aliphatic carbocycles. The Morgan fingerprint density at radius 3 is 2.88 bits per heavy atom. The fourth-order valence-electron chi connectivity index (χ4n) is 2.42. The van der Waals surface area contributed by atoms with Crippen molar-refractivity contribution in [1.29, 1.82) is 0 Å². The zero-order valence-electron chi connectivity index (χ0n) is 11.0. The first-order valence-corrected chi connectivity index (χ1v) is 7.29. The molecule has 0 spiro atoms. The number of nitrogens with zero attached hydrogens (tertiary/aromatic N) is 1. The van der Waals surface area contributed by atoms with E-state index in [1.165, 1.54) is 22.0 Å². The van der Waals surface area contributed by atoms with Crippen LogP contribution in [0.3, 0.4) is 0 Å². The highest BCUT2D eigenvalue weighted by Gasteiger charge is 2.29. The van der Waals surface area contributed by atoms with Gasteiger partial charge in [-0.25, -0.2) is 4.98 Å². The number of rotatable bonds is 5. The lowest BCUT2D eigenvalue weighted by Crippen LogP contribution is -2.29. The zero-order chi connectivity index (χ0) is 12.3. The molecule has 2 heterocycles. The summed E-state index contributed by atoms with van der Waals surface area (Å²) in [7, 11) is 0. The molecule has 0 amide bonds. The molecule has 2 atom stereocenters. The van der Waals surface area contributed by atoms with E-state index in [2.05, 4.69) is 31.1 Å². The summed E-state index contributed by atoms with van der Waals surface area (Å²) in [5, 5.41) is 4.84. The molecule has 3 nitrogen and oxygen atoms in total. The highest BCUT2D eigenvalue weighted by molar-refractivity contribution is 7.11. The van der Waals surface area contributed by atoms with Crippen LogP contribution in [0.4, 0.5) is 0 Å². The smallest absolute Gasteiger partial charge is 0.0900 e. The highest BCUT2D eigenvalue weighted by Crippen LogP contribution is 2.34. The summed E-state index contributed by atoms with van der Waals surface area (Å²) in [6, 6.07) is 0.434. The molecule has 1 aliphatic rings. The van der Waals surface area contributed by atoms with E-state index in [0.717, 1.165) is 26.2 Å². The Kier molecular flexibility index (Phi) is 4.54. The Hall–Kier alpha value is -0.450. The van der Waals surface area contributed by atoms with E-state index in [9.17, 15) is 0 Å². The fourth-order valence-corrected chi connectivity index (χ4v) is 3.52. The third kappa shape index (κ3) is 3.06. The average Bonchev–Trinajstić information content (AvgIpc) is 2.90. The maximum absolute atomic E-state index is 5.53. The first-order valence-electron chi connectivity index (χ1n) is 6.47. The summed E-state index contributed by atoms with van der Waals surface area (Å²) in [6.07, 6.45) is 2.33. The van der Waals surface area contributed by atoms with Crippen molar-refractivity contribution in [1.82, 2.24) is 10.3 Å². The molecule has 4 heteroatoms. The summed E-state index contributed by atoms with van der Waals surface area (Å²) in [6.45, 7) is 9.28. The van der Waals surface area contributed by atoms with Gasteiger partial charge in [-0.2, -0.15) is 0 Å². The second-order valence-electron chi connectivity index (χ2n) is 4.74. The third-order valence-corrected chi connectivity index (χ3v) is 4.43. The molecule has 2 rings (SSSR count). The van der Waals surface area contributed by atoms with E-state index in [1.54, 1.807) is 0 Å². The topological polar surface area (TPSA) is 34.2 Å². The van der Waals surface area contributed by atoms with Crippen LogP contribution in [-0.2, 0) is 4.74 Å². The van der Waals surface area contributed by atoms with Gasteiger partial charge >= 0.3 is 0 Å². The molecule has 1 aromatic rings. The molecule has 0 saturated carbocycles. The predicted molar refractivity (Wildman–Crippen MR) is 71.5 cm³/mol. The highest BCUT2D eigenvalue weighted by atomic mass is 32.1. The Labute approximate surface area is 108 Å². The van der Waals surface area contributed by atoms with Crippen LogP contribution in [0.2, 0.25) is 0 Å². The molecule has 1 fully saturated rings. The summed E-state index contributed by atoms with van der Waals surface area (Å²) >= 11 is 1.83. The average molecular weight is 254 g/mol. The first-order chi connectivity index (χ1) is 8.22. The molecular formula is C13H22N2OS. The van der Waals surface area contributed by atoms with Crippen molar-refractivity contribution in [2.45, 2.75) is 39.7 Å². The van der Waals surface area contributed by atoms with E-state index in [0.29, 0.717) is 12.0 Å². The number of nitrogens with one attached hydrogen (secondary N) is 1. The van der Waals surface area contributed by atoms with Gasteiger partial charge in [-0.3, -0.25) is 0 Å². The number of hydrogen-bond donors (Lipinski definition) is 1. The van der Waals surface area contributed by atoms with Crippen LogP contribution >= 0.6 is 11.3 Å². The molecule has 1 N–H and O–H groups in total. The molecule has 1 saturated heterocycles. The van der Waals surface area contributed by atoms with Crippen molar-refractivity contribution in [3.05, 3.63) is 15.6 Å². The number of thiazole rings is 1. The van der Waals surface area contributed by atoms with Crippen molar-refractivity contribution < 1.29 is 4.74 Å². The molecule has 0 bridgehead atoms. The molecule has 2 unspecified atom stereocenters. The number of aryl methyl sites for hydroxylation is 2. The van der Waals surface area contributed by atoms with E-state index < -0.39 is 0 Å². The first kappa shape index (κ1) is 13.0. The summed E-state index contributed by atoms with van der Waals surface area (Å²) in [4.78, 5) is 5.96. The lowest BCUT2D eigenvalue weighted by molar-refractivity contribution is 0.177. The van der Waals surface area contributed by atoms with E-state index in [1.807, 2.05) is 11.3 Å². The molecular weight excluding hydrogens is 232 g/mol. The van der Waals surface area contributed by atoms with Gasteiger partial charge in [-0.1, -0.05) is 6.92 Å². The minimum absolute atomic E-state index is 0.434. The second kappa shape index (κ2) is 5.94. The third-order valence-electron chi connectivity index (χ3n) is 3.27. The van der Waals surface area contributed by atoms with Crippen molar-refractivity contribution in [3.63, 3.8) is 0 Å². The van der Waals surface area contributed by atoms with Crippen LogP contribution in [0.5, 0.6) is 0 Å². The lowest BCUT2D eigenvalue weighted by Gasteiger charge is -2.23. The van der Waals surface area contributed by atoms with Gasteiger partial charge in [-0.05, 0) is 33.2 Å². The maximum Gasteiger partial charge on any atom is 0.0900 e. The second-order valence-corrected chi connectivity index (χ2v) is 5.97. The van der Waals surface area contributed by atoms with Gasteiger partial charge in [0.1, 0.15) is 0 Å². The van der Waals surface area contributed by atoms with Gasteiger partial charge in [-0.15, -0.1) is 11.3 Å². The molecule has 1 aromatic heterocycles. The van der Waals surface area contributed by atoms with Crippen molar-refractivity contribution in [3.8, 4) is 0 Å². The monoisotopic (exact) mass is 254 g/mol. The fraction of sp³-hybridized carbons (Fsp3) is 0.769. The van der Waals surface area contributed by atoms with Gasteiger partial charge in [0, 0.05) is 23.4 Å². The van der Waals surface area contributed by atoms with E-state index in [4.69, 9.17) is 4.74 Å². The molecule has 17 heavy (non-hydrogen) atoms. The number of aromatic nitrogens is 1. The molecule has 0 radical (unpaired) electrons. The van der Waals surface area contributed by atoms with Crippen LogP contribution in [0, 0.1) is 19.8 Å². The van der Waals surface area contributed by atoms with Gasteiger partial charge in [0.05, 0.1) is 17.3 Å². The quantitative estimate of drug-likeness (QED) is 0.877. The lowest BCUT2D eigenvalue weighted by atomic mass is 9.96. The number of ether oxygens (including phenoxy) is 1. The summed E-state index contributed by atoms with van der Waals surface area (Å²) in [5.41, 5.74) is 1.19. The Bertz CT molecular complexity index is 358. The Morgan fingerprint density at radius 2 is 2.35 bits per heavy atom.